The Kier molecular flexibility index (Phi) is 4.21. The van der Waals surface area contributed by atoms with Crippen molar-refractivity contribution < 1.29 is 9.53 Å². The summed E-state index contributed by atoms with van der Waals surface area (Å²) in [6.07, 6.45) is 2.40. The lowest BCUT2D eigenvalue weighted by atomic mass is 9.52. The van der Waals surface area contributed by atoms with E-state index in [0.717, 1.165) is 12.2 Å². The van der Waals surface area contributed by atoms with Crippen molar-refractivity contribution in [3.63, 3.8) is 0 Å². The van der Waals surface area contributed by atoms with Gasteiger partial charge in [0.15, 0.2) is 5.65 Å². The Bertz CT molecular complexity index is 777. The highest BCUT2D eigenvalue weighted by Gasteiger charge is 2.54. The summed E-state index contributed by atoms with van der Waals surface area (Å²) in [5.74, 6) is 0.985. The van der Waals surface area contributed by atoms with E-state index in [1.807, 2.05) is 32.9 Å². The average Bonchev–Trinajstić information content (AvgIpc) is 2.91. The third kappa shape index (κ3) is 3.45. The molecule has 1 fully saturated rings. The minimum absolute atomic E-state index is 0.0609. The molecule has 2 heterocycles. The number of hydrogen-bond donors (Lipinski definition) is 1. The van der Waals surface area contributed by atoms with E-state index >= 15 is 0 Å². The van der Waals surface area contributed by atoms with Crippen LogP contribution >= 0.6 is 0 Å². The van der Waals surface area contributed by atoms with E-state index in [-0.39, 0.29) is 23.3 Å². The maximum Gasteiger partial charge on any atom is 0.310 e. The van der Waals surface area contributed by atoms with Crippen molar-refractivity contribution in [2.75, 3.05) is 5.32 Å². The van der Waals surface area contributed by atoms with Gasteiger partial charge >= 0.3 is 5.97 Å². The molecule has 2 aromatic rings. The Morgan fingerprint density at radius 3 is 2.76 bits per heavy atom. The van der Waals surface area contributed by atoms with Crippen LogP contribution in [0.2, 0.25) is 0 Å². The van der Waals surface area contributed by atoms with Gasteiger partial charge in [-0.2, -0.15) is 4.52 Å². The molecule has 1 aliphatic rings. The molecular formula is C18H27N5O2. The number of hydrogen-bond acceptors (Lipinski definition) is 6. The zero-order chi connectivity index (χ0) is 18.4. The third-order valence-corrected chi connectivity index (χ3v) is 5.18. The van der Waals surface area contributed by atoms with Crippen molar-refractivity contribution in [1.29, 1.82) is 0 Å². The molecule has 0 spiro atoms. The highest BCUT2D eigenvalue weighted by Crippen LogP contribution is 2.53. The summed E-state index contributed by atoms with van der Waals surface area (Å²) in [5, 5.41) is 15.7. The highest BCUT2D eigenvalue weighted by atomic mass is 16.6. The quantitative estimate of drug-likeness (QED) is 0.858. The van der Waals surface area contributed by atoms with Gasteiger partial charge in [-0.25, -0.2) is 0 Å². The fourth-order valence-electron chi connectivity index (χ4n) is 3.72. The van der Waals surface area contributed by atoms with Gasteiger partial charge in [0.2, 0.25) is 0 Å². The van der Waals surface area contributed by atoms with Crippen molar-refractivity contribution in [3.8, 4) is 0 Å². The van der Waals surface area contributed by atoms with Crippen LogP contribution in [-0.2, 0) is 9.53 Å². The molecule has 0 saturated heterocycles. The van der Waals surface area contributed by atoms with Crippen molar-refractivity contribution >= 4 is 17.4 Å². The molecule has 2 aromatic heterocycles. The molecular weight excluding hydrogens is 318 g/mol. The van der Waals surface area contributed by atoms with E-state index in [9.17, 15) is 4.79 Å². The minimum Gasteiger partial charge on any atom is -0.460 e. The Hall–Kier alpha value is -2.18. The molecule has 0 amide bonds. The monoisotopic (exact) mass is 345 g/mol. The standard InChI is InChI=1S/C18H27N5O2/c1-11(20-14-7-8-15-21-19-10-23(15)22-14)12-9-13(18(12,5)6)16(24)25-17(2,3)4/h7-8,10-13H,9H2,1-6H3,(H,20,22)/t11?,12-,13+/m0/s1. The largest absolute Gasteiger partial charge is 0.460 e. The first-order valence-corrected chi connectivity index (χ1v) is 8.74. The molecule has 25 heavy (non-hydrogen) atoms. The van der Waals surface area contributed by atoms with E-state index in [0.29, 0.717) is 11.6 Å². The van der Waals surface area contributed by atoms with Crippen molar-refractivity contribution in [3.05, 3.63) is 18.5 Å². The molecule has 1 saturated carbocycles. The molecule has 0 aliphatic heterocycles. The number of esters is 1. The van der Waals surface area contributed by atoms with Crippen LogP contribution in [0.15, 0.2) is 18.5 Å². The Balaban J connectivity index is 1.65. The van der Waals surface area contributed by atoms with Gasteiger partial charge in [-0.15, -0.1) is 15.3 Å². The summed E-state index contributed by atoms with van der Waals surface area (Å²) in [4.78, 5) is 12.4. The average molecular weight is 345 g/mol. The number of rotatable bonds is 4. The van der Waals surface area contributed by atoms with Crippen molar-refractivity contribution in [2.45, 2.75) is 59.6 Å². The molecule has 136 valence electrons. The maximum absolute atomic E-state index is 12.4. The lowest BCUT2D eigenvalue weighted by Crippen LogP contribution is -2.55. The van der Waals surface area contributed by atoms with E-state index < -0.39 is 5.60 Å². The second-order valence-corrected chi connectivity index (χ2v) is 8.53. The summed E-state index contributed by atoms with van der Waals surface area (Å²) in [5.41, 5.74) is 0.155. The maximum atomic E-state index is 12.4. The second kappa shape index (κ2) is 5.97. The molecule has 7 heteroatoms. The number of aromatic nitrogens is 4. The molecule has 0 aromatic carbocycles. The predicted molar refractivity (Wildman–Crippen MR) is 95.1 cm³/mol. The van der Waals surface area contributed by atoms with Crippen molar-refractivity contribution in [1.82, 2.24) is 19.8 Å². The summed E-state index contributed by atoms with van der Waals surface area (Å²) < 4.78 is 7.22. The van der Waals surface area contributed by atoms with Crippen molar-refractivity contribution in [2.24, 2.45) is 17.3 Å². The number of carbonyl (C=O) groups is 1. The Labute approximate surface area is 148 Å². The predicted octanol–water partition coefficient (Wildman–Crippen LogP) is 2.93. The summed E-state index contributed by atoms with van der Waals surface area (Å²) in [6.45, 7) is 12.1. The van der Waals surface area contributed by atoms with Gasteiger partial charge in [0, 0.05) is 6.04 Å². The molecule has 3 atom stereocenters. The second-order valence-electron chi connectivity index (χ2n) is 8.53. The van der Waals surface area contributed by atoms with Crippen LogP contribution in [0.5, 0.6) is 0 Å². The number of nitrogens with zero attached hydrogens (tertiary/aromatic N) is 4. The van der Waals surface area contributed by atoms with Crippen LogP contribution in [-0.4, -0.2) is 37.4 Å². The third-order valence-electron chi connectivity index (χ3n) is 5.18. The number of carbonyl (C=O) groups excluding carboxylic acids is 1. The van der Waals surface area contributed by atoms with Crippen LogP contribution in [0.1, 0.15) is 48.0 Å². The fraction of sp³-hybridized carbons (Fsp3) is 0.667. The molecule has 1 unspecified atom stereocenters. The van der Waals surface area contributed by atoms with Gasteiger partial charge in [-0.1, -0.05) is 13.8 Å². The Morgan fingerprint density at radius 2 is 2.12 bits per heavy atom. The van der Waals surface area contributed by atoms with Crippen LogP contribution in [0.3, 0.4) is 0 Å². The zero-order valence-corrected chi connectivity index (χ0v) is 15.8. The van der Waals surface area contributed by atoms with Crippen LogP contribution in [0.4, 0.5) is 5.82 Å². The van der Waals surface area contributed by atoms with E-state index in [2.05, 4.69) is 41.4 Å². The van der Waals surface area contributed by atoms with Gasteiger partial charge < -0.3 is 10.1 Å². The SMILES string of the molecule is CC(Nc1ccc2nncn2n1)[C@@H]1C[C@H](C(=O)OC(C)(C)C)C1(C)C. The first kappa shape index (κ1) is 17.6. The Morgan fingerprint density at radius 1 is 1.40 bits per heavy atom. The number of anilines is 1. The summed E-state index contributed by atoms with van der Waals surface area (Å²) in [7, 11) is 0. The topological polar surface area (TPSA) is 81.4 Å². The number of fused-ring (bicyclic) bond motifs is 1. The lowest BCUT2D eigenvalue weighted by molar-refractivity contribution is -0.177. The fourth-order valence-corrected chi connectivity index (χ4v) is 3.72. The van der Waals surface area contributed by atoms with Crippen LogP contribution < -0.4 is 5.32 Å². The van der Waals surface area contributed by atoms with E-state index in [4.69, 9.17) is 4.74 Å². The summed E-state index contributed by atoms with van der Waals surface area (Å²) >= 11 is 0. The van der Waals surface area contributed by atoms with Gasteiger partial charge in [-0.05, 0) is 57.6 Å². The summed E-state index contributed by atoms with van der Waals surface area (Å²) in [6, 6.07) is 3.97. The smallest absolute Gasteiger partial charge is 0.310 e. The van der Waals surface area contributed by atoms with Crippen LogP contribution in [0.25, 0.3) is 5.65 Å². The normalized spacial score (nSPS) is 23.8. The van der Waals surface area contributed by atoms with Gasteiger partial charge in [0.1, 0.15) is 17.7 Å². The zero-order valence-electron chi connectivity index (χ0n) is 15.8. The lowest BCUT2D eigenvalue weighted by Gasteiger charge is -2.53. The molecule has 0 radical (unpaired) electrons. The number of ether oxygens (including phenoxy) is 1. The first-order chi connectivity index (χ1) is 11.6. The molecule has 3 rings (SSSR count). The van der Waals surface area contributed by atoms with Crippen LogP contribution in [0, 0.1) is 17.3 Å². The highest BCUT2D eigenvalue weighted by molar-refractivity contribution is 5.75. The van der Waals surface area contributed by atoms with E-state index in [1.54, 1.807) is 10.8 Å². The molecule has 7 nitrogen and oxygen atoms in total. The number of nitrogens with one attached hydrogen (secondary N) is 1. The molecule has 1 aliphatic carbocycles. The molecule has 0 bridgehead atoms. The van der Waals surface area contributed by atoms with Gasteiger partial charge in [-0.3, -0.25) is 4.79 Å². The first-order valence-electron chi connectivity index (χ1n) is 8.74. The van der Waals surface area contributed by atoms with E-state index in [1.165, 1.54) is 0 Å². The molecule has 1 N–H and O–H groups in total. The van der Waals surface area contributed by atoms with Gasteiger partial charge in [0.05, 0.1) is 5.92 Å². The minimum atomic E-state index is -0.444. The van der Waals surface area contributed by atoms with Gasteiger partial charge in [0.25, 0.3) is 0 Å².